The zero-order valence-corrected chi connectivity index (χ0v) is 17.8. The van der Waals surface area contributed by atoms with Crippen molar-refractivity contribution in [1.29, 1.82) is 0 Å². The van der Waals surface area contributed by atoms with Gasteiger partial charge in [-0.25, -0.2) is 0 Å². The summed E-state index contributed by atoms with van der Waals surface area (Å²) in [5, 5.41) is 0.437. The molecule has 0 radical (unpaired) electrons. The number of benzene rings is 2. The van der Waals surface area contributed by atoms with Crippen molar-refractivity contribution >= 4 is 52.2 Å². The Hall–Kier alpha value is -1.95. The quantitative estimate of drug-likeness (QED) is 0.497. The molecule has 1 aliphatic rings. The maximum absolute atomic E-state index is 12.4. The number of amides is 2. The standard InChI is InChI=1S/C21H19Cl2NO3S/c1-3-7-24-20(25)18(28-21(24)26)11-15-9-16(22)19(17(23)10-15)27-12-14-6-4-5-13(2)8-14/h4-6,8-11H,3,7,12H2,1-2H3/b18-11+. The smallest absolute Gasteiger partial charge is 0.293 e. The average Bonchev–Trinajstić information content (AvgIpc) is 2.89. The van der Waals surface area contributed by atoms with Crippen LogP contribution in [0.15, 0.2) is 41.3 Å². The zero-order valence-electron chi connectivity index (χ0n) is 15.5. The van der Waals surface area contributed by atoms with Crippen molar-refractivity contribution in [2.75, 3.05) is 6.54 Å². The number of ether oxygens (including phenoxy) is 1. The number of hydrogen-bond acceptors (Lipinski definition) is 4. The second kappa shape index (κ2) is 9.03. The Labute approximate surface area is 178 Å². The van der Waals surface area contributed by atoms with Crippen LogP contribution in [-0.2, 0) is 11.4 Å². The fourth-order valence-electron chi connectivity index (χ4n) is 2.83. The van der Waals surface area contributed by atoms with E-state index in [1.54, 1.807) is 18.2 Å². The average molecular weight is 436 g/mol. The van der Waals surface area contributed by atoms with E-state index in [0.717, 1.165) is 29.3 Å². The first kappa shape index (κ1) is 20.8. The Balaban J connectivity index is 1.78. The van der Waals surface area contributed by atoms with Crippen molar-refractivity contribution in [1.82, 2.24) is 4.90 Å². The van der Waals surface area contributed by atoms with Crippen LogP contribution >= 0.6 is 35.0 Å². The van der Waals surface area contributed by atoms with Crippen LogP contribution in [0.3, 0.4) is 0 Å². The number of rotatable bonds is 6. The molecule has 1 aliphatic heterocycles. The van der Waals surface area contributed by atoms with E-state index >= 15 is 0 Å². The lowest BCUT2D eigenvalue weighted by atomic mass is 10.1. The number of carbonyl (C=O) groups excluding carboxylic acids is 2. The number of hydrogen-bond donors (Lipinski definition) is 0. The maximum Gasteiger partial charge on any atom is 0.293 e. The van der Waals surface area contributed by atoms with Crippen LogP contribution < -0.4 is 4.74 Å². The van der Waals surface area contributed by atoms with Crippen LogP contribution in [-0.4, -0.2) is 22.6 Å². The van der Waals surface area contributed by atoms with E-state index in [4.69, 9.17) is 27.9 Å². The Kier molecular flexibility index (Phi) is 6.70. The molecule has 0 spiro atoms. The second-order valence-electron chi connectivity index (χ2n) is 6.42. The van der Waals surface area contributed by atoms with Gasteiger partial charge in [0.1, 0.15) is 6.61 Å². The second-order valence-corrected chi connectivity index (χ2v) is 8.23. The van der Waals surface area contributed by atoms with Crippen molar-refractivity contribution in [3.05, 3.63) is 68.0 Å². The Morgan fingerprint density at radius 1 is 1.14 bits per heavy atom. The number of halogens is 2. The predicted octanol–water partition coefficient (Wildman–Crippen LogP) is 6.33. The Bertz CT molecular complexity index is 935. The molecule has 2 aromatic carbocycles. The molecule has 0 atom stereocenters. The minimum Gasteiger partial charge on any atom is -0.486 e. The van der Waals surface area contributed by atoms with E-state index in [2.05, 4.69) is 0 Å². The van der Waals surface area contributed by atoms with Gasteiger partial charge in [-0.3, -0.25) is 14.5 Å². The predicted molar refractivity (Wildman–Crippen MR) is 115 cm³/mol. The third kappa shape index (κ3) is 4.72. The van der Waals surface area contributed by atoms with E-state index in [-0.39, 0.29) is 11.1 Å². The van der Waals surface area contributed by atoms with Crippen molar-refractivity contribution in [3.8, 4) is 5.75 Å². The molecule has 3 rings (SSSR count). The monoisotopic (exact) mass is 435 g/mol. The SMILES string of the molecule is CCCN1C(=O)S/C(=C/c2cc(Cl)c(OCc3cccc(C)c3)c(Cl)c2)C1=O. The van der Waals surface area contributed by atoms with Crippen LogP contribution in [0.1, 0.15) is 30.0 Å². The summed E-state index contributed by atoms with van der Waals surface area (Å²) in [6.07, 6.45) is 2.35. The van der Waals surface area contributed by atoms with Crippen LogP contribution in [0.5, 0.6) is 5.75 Å². The van der Waals surface area contributed by atoms with Gasteiger partial charge in [-0.2, -0.15) is 0 Å². The molecule has 28 heavy (non-hydrogen) atoms. The molecule has 0 bridgehead atoms. The molecule has 4 nitrogen and oxygen atoms in total. The molecule has 146 valence electrons. The summed E-state index contributed by atoms with van der Waals surface area (Å²) in [6.45, 7) is 4.69. The minimum atomic E-state index is -0.288. The van der Waals surface area contributed by atoms with Gasteiger partial charge < -0.3 is 4.74 Å². The van der Waals surface area contributed by atoms with Crippen molar-refractivity contribution in [2.45, 2.75) is 26.9 Å². The number of imide groups is 1. The lowest BCUT2D eigenvalue weighted by molar-refractivity contribution is -0.122. The van der Waals surface area contributed by atoms with Gasteiger partial charge in [0.2, 0.25) is 0 Å². The van der Waals surface area contributed by atoms with E-state index in [1.165, 1.54) is 4.90 Å². The van der Waals surface area contributed by atoms with Gasteiger partial charge in [0, 0.05) is 6.54 Å². The van der Waals surface area contributed by atoms with Crippen molar-refractivity contribution in [2.24, 2.45) is 0 Å². The first-order valence-corrected chi connectivity index (χ1v) is 10.4. The van der Waals surface area contributed by atoms with Crippen LogP contribution in [0, 0.1) is 6.92 Å². The van der Waals surface area contributed by atoms with Gasteiger partial charge in [-0.15, -0.1) is 0 Å². The van der Waals surface area contributed by atoms with Gasteiger partial charge in [-0.1, -0.05) is 60.0 Å². The third-order valence-corrected chi connectivity index (χ3v) is 5.57. The number of carbonyl (C=O) groups is 2. The van der Waals surface area contributed by atoms with Crippen LogP contribution in [0.25, 0.3) is 6.08 Å². The Morgan fingerprint density at radius 3 is 2.50 bits per heavy atom. The number of aryl methyl sites for hydroxylation is 1. The lowest BCUT2D eigenvalue weighted by Crippen LogP contribution is -2.28. The van der Waals surface area contributed by atoms with E-state index in [9.17, 15) is 9.59 Å². The molecule has 2 amide bonds. The first-order valence-electron chi connectivity index (χ1n) is 8.81. The third-order valence-electron chi connectivity index (χ3n) is 4.10. The molecule has 2 aromatic rings. The highest BCUT2D eigenvalue weighted by Crippen LogP contribution is 2.37. The molecule has 0 saturated carbocycles. The summed E-state index contributed by atoms with van der Waals surface area (Å²) >= 11 is 13.6. The lowest BCUT2D eigenvalue weighted by Gasteiger charge is -2.12. The van der Waals surface area contributed by atoms with Crippen LogP contribution in [0.2, 0.25) is 10.0 Å². The van der Waals surface area contributed by atoms with E-state index in [0.29, 0.717) is 39.4 Å². The van der Waals surface area contributed by atoms with Gasteiger partial charge in [0.05, 0.1) is 15.0 Å². The topological polar surface area (TPSA) is 46.6 Å². The minimum absolute atomic E-state index is 0.256. The molecule has 1 saturated heterocycles. The fraction of sp³-hybridized carbons (Fsp3) is 0.238. The molecule has 0 aromatic heterocycles. The summed E-state index contributed by atoms with van der Waals surface area (Å²) in [7, 11) is 0. The zero-order chi connectivity index (χ0) is 20.3. The highest BCUT2D eigenvalue weighted by molar-refractivity contribution is 8.18. The molecule has 0 N–H and O–H groups in total. The molecular weight excluding hydrogens is 417 g/mol. The Morgan fingerprint density at radius 2 is 1.86 bits per heavy atom. The molecule has 0 aliphatic carbocycles. The highest BCUT2D eigenvalue weighted by Gasteiger charge is 2.34. The van der Waals surface area contributed by atoms with Gasteiger partial charge in [0.25, 0.3) is 11.1 Å². The van der Waals surface area contributed by atoms with Gasteiger partial charge >= 0.3 is 0 Å². The summed E-state index contributed by atoms with van der Waals surface area (Å²) in [4.78, 5) is 25.9. The van der Waals surface area contributed by atoms with Gasteiger partial charge in [-0.05, 0) is 54.4 Å². The van der Waals surface area contributed by atoms with E-state index < -0.39 is 0 Å². The molecule has 7 heteroatoms. The summed E-state index contributed by atoms with van der Waals surface area (Å²) in [6, 6.07) is 11.3. The molecular formula is C21H19Cl2NO3S. The van der Waals surface area contributed by atoms with Crippen LogP contribution in [0.4, 0.5) is 4.79 Å². The van der Waals surface area contributed by atoms with Crippen molar-refractivity contribution in [3.63, 3.8) is 0 Å². The molecule has 0 unspecified atom stereocenters. The largest absolute Gasteiger partial charge is 0.486 e. The fourth-order valence-corrected chi connectivity index (χ4v) is 4.30. The highest BCUT2D eigenvalue weighted by atomic mass is 35.5. The number of thioether (sulfide) groups is 1. The molecule has 1 fully saturated rings. The maximum atomic E-state index is 12.4. The number of nitrogens with zero attached hydrogens (tertiary/aromatic N) is 1. The summed E-state index contributed by atoms with van der Waals surface area (Å²) < 4.78 is 5.80. The van der Waals surface area contributed by atoms with Gasteiger partial charge in [0.15, 0.2) is 5.75 Å². The van der Waals surface area contributed by atoms with E-state index in [1.807, 2.05) is 38.1 Å². The molecule has 1 heterocycles. The summed E-state index contributed by atoms with van der Waals surface area (Å²) in [5.41, 5.74) is 2.80. The normalized spacial score (nSPS) is 15.6. The summed E-state index contributed by atoms with van der Waals surface area (Å²) in [5.74, 6) is 0.102. The van der Waals surface area contributed by atoms with Crippen molar-refractivity contribution < 1.29 is 14.3 Å². The first-order chi connectivity index (χ1) is 13.4.